The maximum absolute atomic E-state index is 10.6. The summed E-state index contributed by atoms with van der Waals surface area (Å²) in [6.07, 6.45) is 0. The van der Waals surface area contributed by atoms with E-state index in [1.165, 1.54) is 6.07 Å². The lowest BCUT2D eigenvalue weighted by Crippen LogP contribution is -1.91. The van der Waals surface area contributed by atoms with Crippen molar-refractivity contribution in [2.45, 2.75) is 6.61 Å². The molecule has 0 saturated carbocycles. The molecule has 1 aromatic heterocycles. The number of carboxylic acids is 1. The number of rotatable bonds is 2. The van der Waals surface area contributed by atoms with Crippen LogP contribution in [0.4, 0.5) is 0 Å². The van der Waals surface area contributed by atoms with Gasteiger partial charge < -0.3 is 14.6 Å². The highest BCUT2D eigenvalue weighted by Crippen LogP contribution is 2.23. The molecule has 2 aromatic rings. The van der Waals surface area contributed by atoms with Crippen LogP contribution in [0.25, 0.3) is 11.0 Å². The highest BCUT2D eigenvalue weighted by Gasteiger charge is 2.11. The molecule has 0 saturated heterocycles. The highest BCUT2D eigenvalue weighted by atomic mass is 16.4. The minimum Gasteiger partial charge on any atom is -0.475 e. The van der Waals surface area contributed by atoms with E-state index in [0.717, 1.165) is 0 Å². The van der Waals surface area contributed by atoms with Crippen molar-refractivity contribution in [3.8, 4) is 0 Å². The van der Waals surface area contributed by atoms with Gasteiger partial charge >= 0.3 is 5.97 Å². The van der Waals surface area contributed by atoms with Gasteiger partial charge in [0.15, 0.2) is 0 Å². The molecule has 0 aliphatic carbocycles. The molecule has 0 fully saturated rings. The van der Waals surface area contributed by atoms with Crippen LogP contribution < -0.4 is 0 Å². The van der Waals surface area contributed by atoms with Crippen molar-refractivity contribution in [1.82, 2.24) is 0 Å². The maximum atomic E-state index is 10.6. The van der Waals surface area contributed by atoms with E-state index < -0.39 is 5.97 Å². The molecule has 1 heterocycles. The van der Waals surface area contributed by atoms with Crippen LogP contribution in [0.3, 0.4) is 0 Å². The van der Waals surface area contributed by atoms with Crippen molar-refractivity contribution in [2.75, 3.05) is 0 Å². The van der Waals surface area contributed by atoms with Crippen molar-refractivity contribution in [3.63, 3.8) is 0 Å². The smallest absolute Gasteiger partial charge is 0.371 e. The predicted molar refractivity (Wildman–Crippen MR) is 49.1 cm³/mol. The quantitative estimate of drug-likeness (QED) is 0.758. The Morgan fingerprint density at radius 3 is 2.86 bits per heavy atom. The first-order valence-corrected chi connectivity index (χ1v) is 4.08. The molecule has 0 unspecified atom stereocenters. The molecule has 2 rings (SSSR count). The molecule has 0 atom stereocenters. The molecule has 4 nitrogen and oxygen atoms in total. The van der Waals surface area contributed by atoms with Crippen molar-refractivity contribution >= 4 is 16.9 Å². The fourth-order valence-electron chi connectivity index (χ4n) is 1.36. The van der Waals surface area contributed by atoms with Gasteiger partial charge in [0.25, 0.3) is 0 Å². The first-order valence-electron chi connectivity index (χ1n) is 4.08. The van der Waals surface area contributed by atoms with Crippen LogP contribution in [0, 0.1) is 0 Å². The van der Waals surface area contributed by atoms with E-state index in [2.05, 4.69) is 0 Å². The summed E-state index contributed by atoms with van der Waals surface area (Å²) < 4.78 is 5.06. The Labute approximate surface area is 79.4 Å². The van der Waals surface area contributed by atoms with Gasteiger partial charge in [0.1, 0.15) is 5.58 Å². The Kier molecular flexibility index (Phi) is 1.98. The lowest BCUT2D eigenvalue weighted by atomic mass is 10.1. The Morgan fingerprint density at radius 1 is 1.43 bits per heavy atom. The lowest BCUT2D eigenvalue weighted by molar-refractivity contribution is 0.0665. The number of carboxylic acid groups (broad SMARTS) is 1. The van der Waals surface area contributed by atoms with Gasteiger partial charge in [-0.05, 0) is 17.7 Å². The van der Waals surface area contributed by atoms with Gasteiger partial charge in [0.2, 0.25) is 5.76 Å². The molecular formula is C10H8O4. The third-order valence-electron chi connectivity index (χ3n) is 2.03. The summed E-state index contributed by atoms with van der Waals surface area (Å²) in [5.74, 6) is -1.22. The van der Waals surface area contributed by atoms with E-state index in [-0.39, 0.29) is 12.4 Å². The zero-order valence-corrected chi connectivity index (χ0v) is 7.23. The van der Waals surface area contributed by atoms with E-state index >= 15 is 0 Å². The first-order chi connectivity index (χ1) is 6.72. The lowest BCUT2D eigenvalue weighted by Gasteiger charge is -1.94. The van der Waals surface area contributed by atoms with Crippen molar-refractivity contribution < 1.29 is 19.4 Å². The van der Waals surface area contributed by atoms with Crippen molar-refractivity contribution in [1.29, 1.82) is 0 Å². The van der Waals surface area contributed by atoms with Gasteiger partial charge in [-0.15, -0.1) is 0 Å². The summed E-state index contributed by atoms with van der Waals surface area (Å²) in [6.45, 7) is -0.129. The number of aliphatic hydroxyl groups excluding tert-OH is 1. The number of hydrogen-bond donors (Lipinski definition) is 2. The fraction of sp³-hybridized carbons (Fsp3) is 0.100. The van der Waals surface area contributed by atoms with Crippen LogP contribution in [0.5, 0.6) is 0 Å². The number of aromatic carboxylic acids is 1. The molecule has 0 amide bonds. The number of fused-ring (bicyclic) bond motifs is 1. The maximum Gasteiger partial charge on any atom is 0.371 e. The minimum absolute atomic E-state index is 0.110. The zero-order chi connectivity index (χ0) is 10.1. The van der Waals surface area contributed by atoms with Crippen LogP contribution in [-0.4, -0.2) is 16.2 Å². The normalized spacial score (nSPS) is 10.6. The van der Waals surface area contributed by atoms with E-state index in [4.69, 9.17) is 14.6 Å². The summed E-state index contributed by atoms with van der Waals surface area (Å²) >= 11 is 0. The standard InChI is InChI=1S/C10H8O4/c11-5-6-2-1-3-8-7(6)4-9(14-8)10(12)13/h1-4,11H,5H2,(H,12,13). The third kappa shape index (κ3) is 1.25. The van der Waals surface area contributed by atoms with Crippen LogP contribution in [-0.2, 0) is 6.61 Å². The van der Waals surface area contributed by atoms with E-state index in [0.29, 0.717) is 16.5 Å². The second-order valence-corrected chi connectivity index (χ2v) is 2.90. The Balaban J connectivity index is 2.70. The summed E-state index contributed by atoms with van der Waals surface area (Å²) in [5.41, 5.74) is 1.15. The second-order valence-electron chi connectivity index (χ2n) is 2.90. The molecule has 0 spiro atoms. The van der Waals surface area contributed by atoms with Gasteiger partial charge in [-0.2, -0.15) is 0 Å². The third-order valence-corrected chi connectivity index (χ3v) is 2.03. The van der Waals surface area contributed by atoms with Gasteiger partial charge in [-0.3, -0.25) is 0 Å². The van der Waals surface area contributed by atoms with Crippen molar-refractivity contribution in [2.24, 2.45) is 0 Å². The summed E-state index contributed by atoms with van der Waals surface area (Å²) in [7, 11) is 0. The van der Waals surface area contributed by atoms with E-state index in [1.54, 1.807) is 18.2 Å². The summed E-state index contributed by atoms with van der Waals surface area (Å²) in [6, 6.07) is 6.52. The van der Waals surface area contributed by atoms with Crippen LogP contribution in [0.2, 0.25) is 0 Å². The Morgan fingerprint density at radius 2 is 2.21 bits per heavy atom. The Hall–Kier alpha value is -1.81. The number of carbonyl (C=O) groups is 1. The average molecular weight is 192 g/mol. The molecule has 2 N–H and O–H groups in total. The molecule has 72 valence electrons. The first kappa shape index (κ1) is 8.77. The monoisotopic (exact) mass is 192 g/mol. The van der Waals surface area contributed by atoms with Crippen LogP contribution in [0.1, 0.15) is 16.1 Å². The van der Waals surface area contributed by atoms with Crippen LogP contribution >= 0.6 is 0 Å². The van der Waals surface area contributed by atoms with Gasteiger partial charge in [-0.1, -0.05) is 12.1 Å². The highest BCUT2D eigenvalue weighted by molar-refractivity contribution is 5.92. The molecule has 0 aliphatic heterocycles. The van der Waals surface area contributed by atoms with Crippen molar-refractivity contribution in [3.05, 3.63) is 35.6 Å². The van der Waals surface area contributed by atoms with Gasteiger partial charge in [0.05, 0.1) is 6.61 Å². The van der Waals surface area contributed by atoms with E-state index in [9.17, 15) is 4.79 Å². The van der Waals surface area contributed by atoms with Gasteiger partial charge in [0, 0.05) is 5.39 Å². The second kappa shape index (κ2) is 3.16. The predicted octanol–water partition coefficient (Wildman–Crippen LogP) is 1.62. The number of benzene rings is 1. The zero-order valence-electron chi connectivity index (χ0n) is 7.23. The fourth-order valence-corrected chi connectivity index (χ4v) is 1.36. The molecule has 14 heavy (non-hydrogen) atoms. The molecule has 0 aliphatic rings. The minimum atomic E-state index is -1.11. The topological polar surface area (TPSA) is 70.7 Å². The number of furan rings is 1. The number of hydrogen-bond acceptors (Lipinski definition) is 3. The summed E-state index contributed by atoms with van der Waals surface area (Å²) in [4.78, 5) is 10.6. The van der Waals surface area contributed by atoms with E-state index in [1.807, 2.05) is 0 Å². The average Bonchev–Trinajstić information content (AvgIpc) is 2.60. The van der Waals surface area contributed by atoms with Crippen LogP contribution in [0.15, 0.2) is 28.7 Å². The van der Waals surface area contributed by atoms with Gasteiger partial charge in [-0.25, -0.2) is 4.79 Å². The number of aliphatic hydroxyl groups is 1. The molecule has 0 bridgehead atoms. The Bertz CT molecular complexity index is 484. The SMILES string of the molecule is O=C(O)c1cc2c(CO)cccc2o1. The largest absolute Gasteiger partial charge is 0.475 e. The molecule has 4 heteroatoms. The summed E-state index contributed by atoms with van der Waals surface area (Å²) in [5, 5.41) is 18.3. The molecular weight excluding hydrogens is 184 g/mol. The molecule has 1 aromatic carbocycles. The molecule has 0 radical (unpaired) electrons.